The van der Waals surface area contributed by atoms with Crippen molar-refractivity contribution in [1.82, 2.24) is 10.6 Å². The third-order valence-electron chi connectivity index (χ3n) is 3.94. The molecule has 5 nitrogen and oxygen atoms in total. The summed E-state index contributed by atoms with van der Waals surface area (Å²) in [5.74, 6) is -0.930. The lowest BCUT2D eigenvalue weighted by Gasteiger charge is -2.27. The lowest BCUT2D eigenvalue weighted by molar-refractivity contribution is -0.152. The minimum Gasteiger partial charge on any atom is -0.481 e. The molecule has 1 fully saturated rings. The second kappa shape index (κ2) is 8.15. The first-order chi connectivity index (χ1) is 9.10. The van der Waals surface area contributed by atoms with Gasteiger partial charge in [0, 0.05) is 13.0 Å². The zero-order valence-electron chi connectivity index (χ0n) is 11.8. The topological polar surface area (TPSA) is 78.4 Å². The van der Waals surface area contributed by atoms with Crippen LogP contribution in [-0.2, 0) is 9.59 Å². The molecule has 5 heteroatoms. The Morgan fingerprint density at radius 3 is 2.26 bits per heavy atom. The molecule has 0 aromatic heterocycles. The van der Waals surface area contributed by atoms with Gasteiger partial charge in [-0.05, 0) is 32.9 Å². The highest BCUT2D eigenvalue weighted by Crippen LogP contribution is 2.38. The van der Waals surface area contributed by atoms with Gasteiger partial charge in [0.1, 0.15) is 0 Å². The maximum absolute atomic E-state index is 11.9. The number of carbonyl (C=O) groups is 2. The SMILES string of the molecule is CNCCCNC(=O)CC1(C(=O)O)CCCCCC1. The maximum atomic E-state index is 11.9. The Hall–Kier alpha value is -1.10. The molecule has 0 atom stereocenters. The fourth-order valence-electron chi connectivity index (χ4n) is 2.73. The molecule has 1 rings (SSSR count). The van der Waals surface area contributed by atoms with Crippen LogP contribution < -0.4 is 10.6 Å². The van der Waals surface area contributed by atoms with Gasteiger partial charge in [0.05, 0.1) is 5.41 Å². The third-order valence-corrected chi connectivity index (χ3v) is 3.94. The van der Waals surface area contributed by atoms with Crippen LogP contribution >= 0.6 is 0 Å². The molecule has 0 bridgehead atoms. The Bertz CT molecular complexity index is 297. The average Bonchev–Trinajstić information content (AvgIpc) is 2.61. The van der Waals surface area contributed by atoms with Crippen LogP contribution in [0.5, 0.6) is 0 Å². The first kappa shape index (κ1) is 16.0. The van der Waals surface area contributed by atoms with Crippen molar-refractivity contribution >= 4 is 11.9 Å². The second-order valence-corrected chi connectivity index (χ2v) is 5.48. The van der Waals surface area contributed by atoms with E-state index in [1.54, 1.807) is 0 Å². The summed E-state index contributed by atoms with van der Waals surface area (Å²) < 4.78 is 0. The van der Waals surface area contributed by atoms with E-state index in [1.165, 1.54) is 0 Å². The average molecular weight is 270 g/mol. The molecular weight excluding hydrogens is 244 g/mol. The predicted molar refractivity (Wildman–Crippen MR) is 73.9 cm³/mol. The standard InChI is InChI=1S/C14H26N2O3/c1-15-9-6-10-16-12(17)11-14(13(18)19)7-4-2-3-5-8-14/h15H,2-11H2,1H3,(H,16,17)(H,18,19). The van der Waals surface area contributed by atoms with Crippen LogP contribution in [0.25, 0.3) is 0 Å². The van der Waals surface area contributed by atoms with Crippen molar-refractivity contribution in [1.29, 1.82) is 0 Å². The van der Waals surface area contributed by atoms with Gasteiger partial charge in [-0.15, -0.1) is 0 Å². The molecule has 0 aromatic rings. The number of nitrogens with one attached hydrogen (secondary N) is 2. The van der Waals surface area contributed by atoms with Gasteiger partial charge < -0.3 is 15.7 Å². The van der Waals surface area contributed by atoms with Crippen LogP contribution in [0.2, 0.25) is 0 Å². The van der Waals surface area contributed by atoms with Gasteiger partial charge >= 0.3 is 5.97 Å². The highest BCUT2D eigenvalue weighted by Gasteiger charge is 2.40. The number of aliphatic carboxylic acids is 1. The molecule has 1 aliphatic rings. The Morgan fingerprint density at radius 2 is 1.74 bits per heavy atom. The lowest BCUT2D eigenvalue weighted by Crippen LogP contribution is -2.38. The van der Waals surface area contributed by atoms with Crippen molar-refractivity contribution in [3.63, 3.8) is 0 Å². The van der Waals surface area contributed by atoms with Crippen molar-refractivity contribution in [2.24, 2.45) is 5.41 Å². The smallest absolute Gasteiger partial charge is 0.310 e. The zero-order valence-corrected chi connectivity index (χ0v) is 11.8. The zero-order chi connectivity index (χ0) is 14.1. The van der Waals surface area contributed by atoms with Gasteiger partial charge in [-0.1, -0.05) is 25.7 Å². The number of carboxylic acids is 1. The number of hydrogen-bond donors (Lipinski definition) is 3. The number of hydrogen-bond acceptors (Lipinski definition) is 3. The van der Waals surface area contributed by atoms with Crippen LogP contribution in [0.15, 0.2) is 0 Å². The Labute approximate surface area is 115 Å². The van der Waals surface area contributed by atoms with Crippen molar-refractivity contribution in [3.8, 4) is 0 Å². The Kier molecular flexibility index (Phi) is 6.84. The molecule has 0 saturated heterocycles. The second-order valence-electron chi connectivity index (χ2n) is 5.48. The van der Waals surface area contributed by atoms with E-state index in [0.29, 0.717) is 19.4 Å². The van der Waals surface area contributed by atoms with E-state index in [4.69, 9.17) is 0 Å². The molecule has 1 aliphatic carbocycles. The minimum atomic E-state index is -0.830. The van der Waals surface area contributed by atoms with Crippen molar-refractivity contribution < 1.29 is 14.7 Å². The monoisotopic (exact) mass is 270 g/mol. The third kappa shape index (κ3) is 5.19. The fourth-order valence-corrected chi connectivity index (χ4v) is 2.73. The predicted octanol–water partition coefficient (Wildman–Crippen LogP) is 1.53. The van der Waals surface area contributed by atoms with Gasteiger partial charge in [0.2, 0.25) is 5.91 Å². The van der Waals surface area contributed by atoms with Crippen LogP contribution in [0.1, 0.15) is 51.4 Å². The van der Waals surface area contributed by atoms with Crippen LogP contribution in [-0.4, -0.2) is 37.1 Å². The van der Waals surface area contributed by atoms with E-state index < -0.39 is 11.4 Å². The fraction of sp³-hybridized carbons (Fsp3) is 0.857. The summed E-state index contributed by atoms with van der Waals surface area (Å²) in [4.78, 5) is 23.5. The van der Waals surface area contributed by atoms with E-state index in [-0.39, 0.29) is 12.3 Å². The van der Waals surface area contributed by atoms with Crippen LogP contribution in [0.3, 0.4) is 0 Å². The highest BCUT2D eigenvalue weighted by molar-refractivity contribution is 5.85. The first-order valence-corrected chi connectivity index (χ1v) is 7.25. The number of carboxylic acid groups (broad SMARTS) is 1. The summed E-state index contributed by atoms with van der Waals surface area (Å²) in [5, 5.41) is 15.3. The number of carbonyl (C=O) groups excluding carboxylic acids is 1. The summed E-state index contributed by atoms with van der Waals surface area (Å²) in [6, 6.07) is 0. The quantitative estimate of drug-likeness (QED) is 0.484. The summed E-state index contributed by atoms with van der Waals surface area (Å²) in [6.45, 7) is 1.46. The van der Waals surface area contributed by atoms with Crippen LogP contribution in [0.4, 0.5) is 0 Å². The van der Waals surface area contributed by atoms with E-state index in [1.807, 2.05) is 7.05 Å². The van der Waals surface area contributed by atoms with Crippen molar-refractivity contribution in [3.05, 3.63) is 0 Å². The summed E-state index contributed by atoms with van der Waals surface area (Å²) in [6.07, 6.45) is 6.25. The minimum absolute atomic E-state index is 0.125. The number of rotatable bonds is 7. The molecule has 0 unspecified atom stereocenters. The van der Waals surface area contributed by atoms with Gasteiger partial charge in [-0.2, -0.15) is 0 Å². The lowest BCUT2D eigenvalue weighted by atomic mass is 9.77. The molecule has 3 N–H and O–H groups in total. The van der Waals surface area contributed by atoms with Gasteiger partial charge in [0.25, 0.3) is 0 Å². The van der Waals surface area contributed by atoms with Gasteiger partial charge in [0.15, 0.2) is 0 Å². The molecule has 0 spiro atoms. The maximum Gasteiger partial charge on any atom is 0.310 e. The summed E-state index contributed by atoms with van der Waals surface area (Å²) in [5.41, 5.74) is -0.830. The molecule has 110 valence electrons. The van der Waals surface area contributed by atoms with E-state index in [2.05, 4.69) is 10.6 Å². The summed E-state index contributed by atoms with van der Waals surface area (Å²) in [7, 11) is 1.87. The molecular formula is C14H26N2O3. The van der Waals surface area contributed by atoms with E-state index >= 15 is 0 Å². The first-order valence-electron chi connectivity index (χ1n) is 7.25. The highest BCUT2D eigenvalue weighted by atomic mass is 16.4. The number of amides is 1. The van der Waals surface area contributed by atoms with E-state index in [0.717, 1.165) is 38.6 Å². The molecule has 0 aromatic carbocycles. The normalized spacial score (nSPS) is 18.6. The molecule has 0 aliphatic heterocycles. The van der Waals surface area contributed by atoms with Crippen molar-refractivity contribution in [2.75, 3.05) is 20.1 Å². The van der Waals surface area contributed by atoms with Gasteiger partial charge in [-0.3, -0.25) is 9.59 Å². The largest absolute Gasteiger partial charge is 0.481 e. The summed E-state index contributed by atoms with van der Waals surface area (Å²) >= 11 is 0. The molecule has 0 heterocycles. The molecule has 19 heavy (non-hydrogen) atoms. The van der Waals surface area contributed by atoms with Crippen molar-refractivity contribution in [2.45, 2.75) is 51.4 Å². The molecule has 1 amide bonds. The molecule has 0 radical (unpaired) electrons. The van der Waals surface area contributed by atoms with Crippen LogP contribution in [0, 0.1) is 5.41 Å². The Balaban J connectivity index is 2.48. The van der Waals surface area contributed by atoms with E-state index in [9.17, 15) is 14.7 Å². The Morgan fingerprint density at radius 1 is 1.11 bits per heavy atom. The van der Waals surface area contributed by atoms with Gasteiger partial charge in [-0.25, -0.2) is 0 Å². The molecule has 1 saturated carbocycles.